The molecule has 0 bridgehead atoms. The molecular weight excluding hydrogens is 1070 g/mol. The second-order valence-corrected chi connectivity index (χ2v) is 28.2. The minimum Gasteiger partial charge on any atom is -0.310 e. The Morgan fingerprint density at radius 2 is 0.708 bits per heavy atom. The number of benzene rings is 13. The predicted octanol–water partition coefficient (Wildman–Crippen LogP) is 24.3. The molecule has 3 aliphatic rings. The molecule has 13 aromatic rings. The zero-order valence-corrected chi connectivity index (χ0v) is 52.3. The van der Waals surface area contributed by atoms with Crippen molar-refractivity contribution in [2.24, 2.45) is 10.8 Å². The van der Waals surface area contributed by atoms with Crippen molar-refractivity contribution in [2.75, 3.05) is 4.90 Å². The maximum atomic E-state index is 2.58. The topological polar surface area (TPSA) is 3.24 Å². The zero-order valence-electron chi connectivity index (χ0n) is 52.3. The molecule has 0 N–H and O–H groups in total. The smallest absolute Gasteiger partial charge is 0.0725 e. The molecule has 0 aliphatic heterocycles. The average molecular weight is 1140 g/mol. The van der Waals surface area contributed by atoms with E-state index in [2.05, 4.69) is 339 Å². The molecule has 0 heterocycles. The molecule has 13 aromatic carbocycles. The van der Waals surface area contributed by atoms with E-state index in [-0.39, 0.29) is 16.2 Å². The minimum absolute atomic E-state index is 0.0763. The van der Waals surface area contributed by atoms with Crippen molar-refractivity contribution in [3.05, 3.63) is 318 Å². The van der Waals surface area contributed by atoms with Gasteiger partial charge in [0.1, 0.15) is 0 Å². The lowest BCUT2D eigenvalue weighted by molar-refractivity contribution is 0.229. The molecule has 0 radical (unpaired) electrons. The number of rotatable bonds is 9. The highest BCUT2D eigenvalue weighted by Gasteiger charge is 2.52. The Balaban J connectivity index is 0.839. The van der Waals surface area contributed by atoms with E-state index in [1.165, 1.54) is 138 Å². The van der Waals surface area contributed by atoms with Gasteiger partial charge in [0.25, 0.3) is 0 Å². The third-order valence-electron chi connectivity index (χ3n) is 20.3. The molecule has 430 valence electrons. The minimum atomic E-state index is -0.525. The van der Waals surface area contributed by atoms with Crippen LogP contribution in [0, 0.1) is 10.8 Å². The summed E-state index contributed by atoms with van der Waals surface area (Å²) in [6, 6.07) is 106. The van der Waals surface area contributed by atoms with Gasteiger partial charge in [-0.15, -0.1) is 0 Å². The average Bonchev–Trinajstić information content (AvgIpc) is 1.52. The molecule has 89 heavy (non-hydrogen) atoms. The Morgan fingerprint density at radius 3 is 1.31 bits per heavy atom. The summed E-state index contributed by atoms with van der Waals surface area (Å²) in [6.45, 7) is 19.2. The van der Waals surface area contributed by atoms with Crippen LogP contribution in [0.25, 0.3) is 99.4 Å². The lowest BCUT2D eigenvalue weighted by atomic mass is 9.67. The van der Waals surface area contributed by atoms with Gasteiger partial charge in [-0.1, -0.05) is 292 Å². The normalized spacial score (nSPS) is 15.3. The Bertz CT molecular complexity index is 4970. The molecule has 3 aliphatic carbocycles. The number of fused-ring (bicyclic) bond motifs is 15. The SMILES string of the molecule is CC(C)(C)CC(c1ccccc1-c1ccc2c(c1)C1(c3ccccc3-2)c2ccccc2-c2ccc(-c3ccc(-c4ccc(N(c5ccc(-c6ccccc6)cc5)c5ccc6c(c5)C(C)(C)c5ccccc5-6)c5ccccc45)c4ccccc34)cc21)C(C)(C)C. The van der Waals surface area contributed by atoms with E-state index in [1.807, 2.05) is 0 Å². The molecular formula is C88H73N. The number of hydrogen-bond donors (Lipinski definition) is 0. The van der Waals surface area contributed by atoms with Crippen molar-refractivity contribution in [1.29, 1.82) is 0 Å². The van der Waals surface area contributed by atoms with E-state index >= 15 is 0 Å². The number of anilines is 3. The van der Waals surface area contributed by atoms with Crippen LogP contribution in [0.2, 0.25) is 0 Å². The number of nitrogens with zero attached hydrogens (tertiary/aromatic N) is 1. The van der Waals surface area contributed by atoms with Gasteiger partial charge in [0.2, 0.25) is 0 Å². The van der Waals surface area contributed by atoms with E-state index in [1.54, 1.807) is 0 Å². The molecule has 0 fully saturated rings. The first-order valence-corrected chi connectivity index (χ1v) is 32.0. The maximum absolute atomic E-state index is 2.58. The molecule has 0 amide bonds. The highest BCUT2D eigenvalue weighted by atomic mass is 15.1. The first-order chi connectivity index (χ1) is 43.2. The van der Waals surface area contributed by atoms with Crippen LogP contribution in [-0.2, 0) is 10.8 Å². The molecule has 0 saturated heterocycles. The van der Waals surface area contributed by atoms with Gasteiger partial charge in [-0.25, -0.2) is 0 Å². The summed E-state index contributed by atoms with van der Waals surface area (Å²) in [4.78, 5) is 2.48. The van der Waals surface area contributed by atoms with Crippen LogP contribution in [0.5, 0.6) is 0 Å². The lowest BCUT2D eigenvalue weighted by Gasteiger charge is -2.37. The van der Waals surface area contributed by atoms with Crippen molar-refractivity contribution < 1.29 is 0 Å². The van der Waals surface area contributed by atoms with Crippen LogP contribution in [-0.4, -0.2) is 0 Å². The van der Waals surface area contributed by atoms with Crippen LogP contribution >= 0.6 is 0 Å². The van der Waals surface area contributed by atoms with Gasteiger partial charge in [0, 0.05) is 22.2 Å². The van der Waals surface area contributed by atoms with Crippen molar-refractivity contribution in [2.45, 2.75) is 78.6 Å². The summed E-state index contributed by atoms with van der Waals surface area (Å²) >= 11 is 0. The molecule has 1 nitrogen and oxygen atoms in total. The van der Waals surface area contributed by atoms with Crippen molar-refractivity contribution in [3.63, 3.8) is 0 Å². The van der Waals surface area contributed by atoms with E-state index in [0.29, 0.717) is 5.92 Å². The quantitative estimate of drug-likeness (QED) is 0.139. The summed E-state index contributed by atoms with van der Waals surface area (Å²) in [5, 5.41) is 4.87. The Hall–Kier alpha value is -9.82. The highest BCUT2D eigenvalue weighted by molar-refractivity contribution is 6.13. The van der Waals surface area contributed by atoms with Crippen LogP contribution in [0.15, 0.2) is 279 Å². The second-order valence-electron chi connectivity index (χ2n) is 28.2. The second kappa shape index (κ2) is 20.4. The predicted molar refractivity (Wildman–Crippen MR) is 378 cm³/mol. The van der Waals surface area contributed by atoms with Crippen LogP contribution in [0.4, 0.5) is 17.1 Å². The van der Waals surface area contributed by atoms with Gasteiger partial charge in [-0.05, 0) is 199 Å². The van der Waals surface area contributed by atoms with Crippen LogP contribution in [0.1, 0.15) is 107 Å². The first kappa shape index (κ1) is 54.6. The fourth-order valence-corrected chi connectivity index (χ4v) is 16.2. The molecule has 2 unspecified atom stereocenters. The summed E-state index contributed by atoms with van der Waals surface area (Å²) < 4.78 is 0. The summed E-state index contributed by atoms with van der Waals surface area (Å²) in [6.07, 6.45) is 1.10. The summed E-state index contributed by atoms with van der Waals surface area (Å²) in [7, 11) is 0. The van der Waals surface area contributed by atoms with Gasteiger partial charge < -0.3 is 4.90 Å². The Morgan fingerprint density at radius 1 is 0.303 bits per heavy atom. The summed E-state index contributed by atoms with van der Waals surface area (Å²) in [5.41, 5.74) is 30.3. The van der Waals surface area contributed by atoms with Gasteiger partial charge >= 0.3 is 0 Å². The standard InChI is InChI=1S/C88H73N/c1-85(2,3)55-83(86(4,5)6)69-30-16-12-26-62(69)58-40-45-74-71-32-19-22-36-78(71)88(81(74)52-58)79-37-23-20-33-72(79)75-46-41-59(53-82(75)88)63-48-49-67(65-28-14-13-27-64(63)65)68-50-51-84(76-34-17-15-29-66(68)76)89(60-42-38-57(39-43-60)56-24-10-9-11-25-56)61-44-47-73-70-31-18-21-35-77(70)87(7,8)80(73)54-61/h9-54,83H,55H2,1-8H3. The molecule has 1 spiro atoms. The first-order valence-electron chi connectivity index (χ1n) is 32.0. The number of hydrogen-bond acceptors (Lipinski definition) is 1. The Labute approximate surface area is 525 Å². The molecule has 0 saturated carbocycles. The summed E-state index contributed by atoms with van der Waals surface area (Å²) in [5.74, 6) is 0.376. The van der Waals surface area contributed by atoms with Crippen molar-refractivity contribution in [3.8, 4) is 77.9 Å². The lowest BCUT2D eigenvalue weighted by Crippen LogP contribution is -2.26. The fourth-order valence-electron chi connectivity index (χ4n) is 16.2. The largest absolute Gasteiger partial charge is 0.310 e. The third kappa shape index (κ3) is 8.56. The van der Waals surface area contributed by atoms with Crippen molar-refractivity contribution >= 4 is 38.6 Å². The molecule has 16 rings (SSSR count). The van der Waals surface area contributed by atoms with Gasteiger partial charge in [-0.2, -0.15) is 0 Å². The Kier molecular flexibility index (Phi) is 12.5. The third-order valence-corrected chi connectivity index (χ3v) is 20.3. The van der Waals surface area contributed by atoms with E-state index < -0.39 is 5.41 Å². The fraction of sp³-hybridized carbons (Fsp3) is 0.159. The molecule has 0 aromatic heterocycles. The van der Waals surface area contributed by atoms with E-state index in [0.717, 1.165) is 23.5 Å². The monoisotopic (exact) mass is 1140 g/mol. The van der Waals surface area contributed by atoms with Gasteiger partial charge in [0.15, 0.2) is 0 Å². The van der Waals surface area contributed by atoms with Gasteiger partial charge in [-0.3, -0.25) is 0 Å². The van der Waals surface area contributed by atoms with E-state index in [9.17, 15) is 0 Å². The molecule has 1 heteroatoms. The zero-order chi connectivity index (χ0) is 60.6. The molecule has 2 atom stereocenters. The van der Waals surface area contributed by atoms with Crippen LogP contribution < -0.4 is 4.90 Å². The van der Waals surface area contributed by atoms with Crippen molar-refractivity contribution in [1.82, 2.24) is 0 Å². The van der Waals surface area contributed by atoms with Gasteiger partial charge in [0.05, 0.1) is 11.1 Å². The maximum Gasteiger partial charge on any atom is 0.0725 e. The van der Waals surface area contributed by atoms with Crippen LogP contribution in [0.3, 0.4) is 0 Å². The van der Waals surface area contributed by atoms with E-state index in [4.69, 9.17) is 0 Å². The highest BCUT2D eigenvalue weighted by Crippen LogP contribution is 2.64.